The molecule has 1 saturated heterocycles. The third-order valence-corrected chi connectivity index (χ3v) is 8.96. The van der Waals surface area contributed by atoms with E-state index in [0.717, 1.165) is 76.7 Å². The molecule has 0 amide bonds. The van der Waals surface area contributed by atoms with Gasteiger partial charge < -0.3 is 14.4 Å². The van der Waals surface area contributed by atoms with Crippen LogP contribution in [0.4, 0.5) is 13.2 Å². The number of nitrogens with zero attached hydrogens (tertiary/aromatic N) is 3. The molecule has 3 aromatic rings. The summed E-state index contributed by atoms with van der Waals surface area (Å²) < 4.78 is 49.2. The monoisotopic (exact) mass is 553 g/mol. The minimum Gasteiger partial charge on any atom is -0.460 e. The SMILES string of the molecule is Cc1nc2ccc(C(=O)C[C@H]3CC[C@H](CCN4CCc5nc(OCC(F)(F)F)sc5CC4)OC3)cc2s1. The maximum Gasteiger partial charge on any atom is 0.422 e. The van der Waals surface area contributed by atoms with Gasteiger partial charge in [0.15, 0.2) is 12.4 Å². The fraction of sp³-hybridized carbons (Fsp3) is 0.577. The molecule has 0 N–H and O–H groups in total. The van der Waals surface area contributed by atoms with Crippen molar-refractivity contribution < 1.29 is 27.4 Å². The molecule has 5 rings (SSSR count). The van der Waals surface area contributed by atoms with Crippen molar-refractivity contribution in [2.24, 2.45) is 5.92 Å². The Hall–Kier alpha value is -2.08. The Balaban J connectivity index is 1.03. The van der Waals surface area contributed by atoms with Gasteiger partial charge in [0.2, 0.25) is 0 Å². The molecule has 0 bridgehead atoms. The second-order valence-electron chi connectivity index (χ2n) is 9.83. The van der Waals surface area contributed by atoms with Gasteiger partial charge in [-0.1, -0.05) is 11.3 Å². The number of carbonyl (C=O) groups excluding carboxylic acids is 1. The predicted octanol–water partition coefficient (Wildman–Crippen LogP) is 5.86. The molecule has 2 aromatic heterocycles. The Morgan fingerprint density at radius 2 is 2.03 bits per heavy atom. The van der Waals surface area contributed by atoms with Crippen LogP contribution in [0.3, 0.4) is 0 Å². The highest BCUT2D eigenvalue weighted by Gasteiger charge is 2.30. The van der Waals surface area contributed by atoms with E-state index in [-0.39, 0.29) is 23.0 Å². The lowest BCUT2D eigenvalue weighted by molar-refractivity contribution is -0.153. The molecule has 0 aliphatic carbocycles. The van der Waals surface area contributed by atoms with Gasteiger partial charge in [-0.25, -0.2) is 9.97 Å². The topological polar surface area (TPSA) is 64.6 Å². The van der Waals surface area contributed by atoms with Crippen LogP contribution in [0.2, 0.25) is 0 Å². The molecule has 11 heteroatoms. The standard InChI is InChI=1S/C26H30F3N3O3S2/c1-16-30-20-5-3-18(13-24(20)36-16)22(33)12-17-2-4-19(34-14-17)6-9-32-10-7-21-23(8-11-32)37-25(31-21)35-15-26(27,28)29/h3,5,13,17,19H,2,4,6-12,14-15H2,1H3/t17-,19-/m1/s1. The Bertz CT molecular complexity index is 1210. The predicted molar refractivity (Wildman–Crippen MR) is 138 cm³/mol. The molecule has 1 fully saturated rings. The van der Waals surface area contributed by atoms with E-state index in [4.69, 9.17) is 9.47 Å². The minimum atomic E-state index is -4.35. The highest BCUT2D eigenvalue weighted by molar-refractivity contribution is 7.18. The lowest BCUT2D eigenvalue weighted by atomic mass is 9.91. The molecule has 37 heavy (non-hydrogen) atoms. The van der Waals surface area contributed by atoms with Crippen LogP contribution in [0.15, 0.2) is 18.2 Å². The van der Waals surface area contributed by atoms with E-state index in [1.54, 1.807) is 11.3 Å². The first kappa shape index (κ1) is 26.5. The van der Waals surface area contributed by atoms with Crippen molar-refractivity contribution in [3.8, 4) is 5.19 Å². The molecule has 4 heterocycles. The van der Waals surface area contributed by atoms with Crippen LogP contribution in [-0.2, 0) is 17.6 Å². The molecule has 0 unspecified atom stereocenters. The Kier molecular flexibility index (Phi) is 8.13. The van der Waals surface area contributed by atoms with Crippen molar-refractivity contribution in [1.82, 2.24) is 14.9 Å². The first-order chi connectivity index (χ1) is 17.7. The molecule has 0 saturated carbocycles. The Morgan fingerprint density at radius 1 is 1.19 bits per heavy atom. The molecule has 200 valence electrons. The number of alkyl halides is 3. The van der Waals surface area contributed by atoms with Crippen LogP contribution in [0, 0.1) is 12.8 Å². The normalized spacial score (nSPS) is 21.1. The van der Waals surface area contributed by atoms with Gasteiger partial charge in [0.25, 0.3) is 5.19 Å². The number of Topliss-reactive ketones (excluding diaryl/α,β-unsaturated/α-hetero) is 1. The average molecular weight is 554 g/mol. The van der Waals surface area contributed by atoms with Gasteiger partial charge in [0.1, 0.15) is 0 Å². The fourth-order valence-electron chi connectivity index (χ4n) is 4.98. The summed E-state index contributed by atoms with van der Waals surface area (Å²) in [5, 5.41) is 1.11. The number of hydrogen-bond acceptors (Lipinski definition) is 8. The first-order valence-electron chi connectivity index (χ1n) is 12.6. The smallest absolute Gasteiger partial charge is 0.422 e. The second-order valence-corrected chi connectivity index (χ2v) is 12.1. The van der Waals surface area contributed by atoms with Gasteiger partial charge in [-0.05, 0) is 56.7 Å². The maximum atomic E-state index is 12.8. The molecular weight excluding hydrogens is 523 g/mol. The van der Waals surface area contributed by atoms with Crippen molar-refractivity contribution in [3.05, 3.63) is 39.3 Å². The lowest BCUT2D eigenvalue weighted by Gasteiger charge is -2.30. The summed E-state index contributed by atoms with van der Waals surface area (Å²) in [7, 11) is 0. The van der Waals surface area contributed by atoms with E-state index in [2.05, 4.69) is 14.9 Å². The minimum absolute atomic E-state index is 0.110. The first-order valence-corrected chi connectivity index (χ1v) is 14.3. The number of carbonyl (C=O) groups is 1. The third kappa shape index (κ3) is 7.07. The summed E-state index contributed by atoms with van der Waals surface area (Å²) in [5.41, 5.74) is 2.55. The number of ketones is 1. The highest BCUT2D eigenvalue weighted by Crippen LogP contribution is 2.31. The van der Waals surface area contributed by atoms with Crippen molar-refractivity contribution in [2.45, 2.75) is 57.7 Å². The van der Waals surface area contributed by atoms with Crippen LogP contribution in [-0.4, -0.2) is 65.8 Å². The number of aromatic nitrogens is 2. The van der Waals surface area contributed by atoms with Crippen LogP contribution in [0.5, 0.6) is 5.19 Å². The summed E-state index contributed by atoms with van der Waals surface area (Å²) >= 11 is 2.84. The van der Waals surface area contributed by atoms with E-state index >= 15 is 0 Å². The number of aryl methyl sites for hydroxylation is 1. The zero-order chi connectivity index (χ0) is 26.0. The molecule has 0 radical (unpaired) electrons. The Morgan fingerprint density at radius 3 is 2.81 bits per heavy atom. The van der Waals surface area contributed by atoms with Crippen molar-refractivity contribution in [1.29, 1.82) is 0 Å². The lowest BCUT2D eigenvalue weighted by Crippen LogP contribution is -2.33. The summed E-state index contributed by atoms with van der Waals surface area (Å²) in [5.74, 6) is 0.411. The molecule has 2 aliphatic heterocycles. The van der Waals surface area contributed by atoms with Gasteiger partial charge in [0.05, 0.1) is 33.6 Å². The van der Waals surface area contributed by atoms with Crippen molar-refractivity contribution >= 4 is 38.7 Å². The van der Waals surface area contributed by atoms with E-state index in [1.165, 1.54) is 11.3 Å². The number of rotatable bonds is 8. The summed E-state index contributed by atoms with van der Waals surface area (Å²) in [6.45, 7) is 3.87. The quantitative estimate of drug-likeness (QED) is 0.326. The van der Waals surface area contributed by atoms with E-state index < -0.39 is 12.8 Å². The Labute approximate surface area is 221 Å². The molecule has 2 atom stereocenters. The molecule has 6 nitrogen and oxygen atoms in total. The van der Waals surface area contributed by atoms with Crippen molar-refractivity contribution in [2.75, 3.05) is 32.8 Å². The number of fused-ring (bicyclic) bond motifs is 2. The summed E-state index contributed by atoms with van der Waals surface area (Å²) in [6, 6.07) is 5.77. The van der Waals surface area contributed by atoms with Crippen LogP contribution >= 0.6 is 22.7 Å². The molecule has 0 spiro atoms. The summed E-state index contributed by atoms with van der Waals surface area (Å²) in [4.78, 5) is 25.0. The zero-order valence-corrected chi connectivity index (χ0v) is 22.3. The number of ether oxygens (including phenoxy) is 2. The van der Waals surface area contributed by atoms with Gasteiger partial charge >= 0.3 is 6.18 Å². The van der Waals surface area contributed by atoms with Gasteiger partial charge in [-0.2, -0.15) is 13.2 Å². The second kappa shape index (κ2) is 11.3. The number of halogens is 3. The van der Waals surface area contributed by atoms with Crippen LogP contribution in [0.25, 0.3) is 10.2 Å². The number of hydrogen-bond donors (Lipinski definition) is 0. The largest absolute Gasteiger partial charge is 0.460 e. The fourth-order valence-corrected chi connectivity index (χ4v) is 6.79. The maximum absolute atomic E-state index is 12.8. The van der Waals surface area contributed by atoms with E-state index in [1.807, 2.05) is 25.1 Å². The van der Waals surface area contributed by atoms with Gasteiger partial charge in [-0.3, -0.25) is 4.79 Å². The number of thiazole rings is 2. The van der Waals surface area contributed by atoms with Crippen molar-refractivity contribution in [3.63, 3.8) is 0 Å². The zero-order valence-electron chi connectivity index (χ0n) is 20.7. The van der Waals surface area contributed by atoms with Crippen LogP contribution < -0.4 is 4.74 Å². The van der Waals surface area contributed by atoms with Gasteiger partial charge in [0, 0.05) is 42.9 Å². The molecule has 2 aliphatic rings. The molecular formula is C26H30F3N3O3S2. The van der Waals surface area contributed by atoms with E-state index in [9.17, 15) is 18.0 Å². The van der Waals surface area contributed by atoms with Gasteiger partial charge in [-0.15, -0.1) is 11.3 Å². The molecule has 1 aromatic carbocycles. The third-order valence-electron chi connectivity index (χ3n) is 6.96. The summed E-state index contributed by atoms with van der Waals surface area (Å²) in [6.07, 6.45) is 0.700. The number of benzene rings is 1. The average Bonchev–Trinajstić information content (AvgIpc) is 3.38. The van der Waals surface area contributed by atoms with E-state index in [0.29, 0.717) is 19.4 Å². The van der Waals surface area contributed by atoms with Crippen LogP contribution in [0.1, 0.15) is 51.6 Å². The highest BCUT2D eigenvalue weighted by atomic mass is 32.1.